The molecule has 0 unspecified atom stereocenters. The van der Waals surface area contributed by atoms with Gasteiger partial charge in [-0.25, -0.2) is 4.99 Å². The van der Waals surface area contributed by atoms with E-state index in [-0.39, 0.29) is 12.4 Å². The standard InChI is InChI=1S/C43H37N3O2.ClH/c1-4-46-38-19-11-8-16-35(38)42(43(46)32-14-6-5-7-15-32)41(30-22-26-33(27-23-30)44-36-17-9-12-20-39(36)47-2)31-24-28-34(29-25-31)45-37-18-10-13-21-40(37)48-3;/h5-29,44H,4H2,1-3H3;1H. The van der Waals surface area contributed by atoms with Crippen LogP contribution in [0.25, 0.3) is 27.7 Å². The van der Waals surface area contributed by atoms with E-state index in [2.05, 4.69) is 120 Å². The summed E-state index contributed by atoms with van der Waals surface area (Å²) in [5, 5.41) is 4.74. The fraction of sp³-hybridized carbons (Fsp3) is 0.0930. The number of hydrogen-bond acceptors (Lipinski definition) is 4. The summed E-state index contributed by atoms with van der Waals surface area (Å²) in [5.74, 6) is 1.54. The van der Waals surface area contributed by atoms with Gasteiger partial charge in [0.05, 0.1) is 31.3 Å². The Morgan fingerprint density at radius 3 is 2.02 bits per heavy atom. The van der Waals surface area contributed by atoms with Crippen molar-refractivity contribution in [1.29, 1.82) is 0 Å². The first-order valence-corrected chi connectivity index (χ1v) is 16.2. The first kappa shape index (κ1) is 33.1. The molecule has 0 fully saturated rings. The fourth-order valence-electron chi connectivity index (χ4n) is 6.42. The third kappa shape index (κ3) is 6.67. The Balaban J connectivity index is 0.00000417. The zero-order chi connectivity index (χ0) is 32.9. The predicted molar refractivity (Wildman–Crippen MR) is 207 cm³/mol. The predicted octanol–water partition coefficient (Wildman–Crippen LogP) is 11.2. The number of hydrogen-bond donors (Lipinski definition) is 1. The molecule has 0 spiro atoms. The SMILES string of the molecule is CCn1c(-c2ccccc2)c(C(=C2C=CC(=Nc3ccccc3OC)C=C2)c2ccc(Nc3ccccc3OC)cc2)c2ccccc21.Cl. The van der Waals surface area contributed by atoms with Gasteiger partial charge in [-0.3, -0.25) is 0 Å². The number of methoxy groups -OCH3 is 2. The third-order valence-electron chi connectivity index (χ3n) is 8.63. The molecule has 6 heteroatoms. The van der Waals surface area contributed by atoms with Gasteiger partial charge in [-0.15, -0.1) is 12.4 Å². The second kappa shape index (κ2) is 15.0. The number of aliphatic imine (C=N–C) groups is 1. The Bertz CT molecular complexity index is 2190. The number of rotatable bonds is 9. The Kier molecular flexibility index (Phi) is 10.1. The van der Waals surface area contributed by atoms with Crippen LogP contribution in [-0.4, -0.2) is 24.5 Å². The van der Waals surface area contributed by atoms with Gasteiger partial charge < -0.3 is 19.4 Å². The second-order valence-corrected chi connectivity index (χ2v) is 11.5. The van der Waals surface area contributed by atoms with Crippen LogP contribution in [0.5, 0.6) is 11.5 Å². The van der Waals surface area contributed by atoms with E-state index in [0.29, 0.717) is 0 Å². The minimum atomic E-state index is 0. The number of nitrogens with zero attached hydrogens (tertiary/aromatic N) is 2. The van der Waals surface area contributed by atoms with Gasteiger partial charge in [0, 0.05) is 28.7 Å². The van der Waals surface area contributed by atoms with Gasteiger partial charge in [-0.1, -0.05) is 97.1 Å². The summed E-state index contributed by atoms with van der Waals surface area (Å²) in [7, 11) is 3.36. The summed E-state index contributed by atoms with van der Waals surface area (Å²) in [6, 6.07) is 43.9. The highest BCUT2D eigenvalue weighted by molar-refractivity contribution is 6.10. The highest BCUT2D eigenvalue weighted by Gasteiger charge is 2.24. The molecule has 0 saturated heterocycles. The van der Waals surface area contributed by atoms with Crippen LogP contribution >= 0.6 is 12.4 Å². The molecule has 6 aromatic rings. The minimum Gasteiger partial charge on any atom is -0.495 e. The normalized spacial score (nSPS) is 12.1. The molecule has 49 heavy (non-hydrogen) atoms. The molecule has 1 aliphatic carbocycles. The van der Waals surface area contributed by atoms with Crippen LogP contribution in [0.4, 0.5) is 17.1 Å². The molecule has 5 aromatic carbocycles. The number of nitrogens with one attached hydrogen (secondary N) is 1. The average Bonchev–Trinajstić information content (AvgIpc) is 3.48. The lowest BCUT2D eigenvalue weighted by atomic mass is 9.87. The largest absolute Gasteiger partial charge is 0.495 e. The number of benzene rings is 5. The molecule has 0 radical (unpaired) electrons. The van der Waals surface area contributed by atoms with E-state index < -0.39 is 0 Å². The molecule has 5 nitrogen and oxygen atoms in total. The molecule has 1 heterocycles. The monoisotopic (exact) mass is 663 g/mol. The molecular weight excluding hydrogens is 626 g/mol. The number of anilines is 2. The highest BCUT2D eigenvalue weighted by Crippen LogP contribution is 2.43. The van der Waals surface area contributed by atoms with Crippen LogP contribution in [0.2, 0.25) is 0 Å². The number of allylic oxidation sites excluding steroid dienone is 5. The van der Waals surface area contributed by atoms with Crippen molar-refractivity contribution in [2.45, 2.75) is 13.5 Å². The second-order valence-electron chi connectivity index (χ2n) is 11.5. The first-order valence-electron chi connectivity index (χ1n) is 16.2. The van der Waals surface area contributed by atoms with Crippen molar-refractivity contribution in [2.75, 3.05) is 19.5 Å². The van der Waals surface area contributed by atoms with Crippen LogP contribution in [0.3, 0.4) is 0 Å². The molecule has 1 aliphatic rings. The van der Waals surface area contributed by atoms with E-state index in [1.165, 1.54) is 27.7 Å². The highest BCUT2D eigenvalue weighted by atomic mass is 35.5. The van der Waals surface area contributed by atoms with Crippen LogP contribution < -0.4 is 14.8 Å². The van der Waals surface area contributed by atoms with Crippen LogP contribution in [0.1, 0.15) is 18.1 Å². The summed E-state index contributed by atoms with van der Waals surface area (Å²) in [6.07, 6.45) is 8.52. The van der Waals surface area contributed by atoms with Crippen molar-refractivity contribution in [1.82, 2.24) is 4.57 Å². The molecule has 0 amide bonds. The lowest BCUT2D eigenvalue weighted by molar-refractivity contribution is 0.416. The maximum atomic E-state index is 5.58. The number of para-hydroxylation sites is 5. The average molecular weight is 664 g/mol. The van der Waals surface area contributed by atoms with Gasteiger partial charge in [-0.05, 0) is 83.8 Å². The summed E-state index contributed by atoms with van der Waals surface area (Å²) >= 11 is 0. The summed E-state index contributed by atoms with van der Waals surface area (Å²) in [4.78, 5) is 4.90. The third-order valence-corrected chi connectivity index (χ3v) is 8.63. The number of ether oxygens (including phenoxy) is 2. The van der Waals surface area contributed by atoms with Crippen molar-refractivity contribution >= 4 is 51.7 Å². The van der Waals surface area contributed by atoms with Crippen LogP contribution in [0, 0.1) is 0 Å². The van der Waals surface area contributed by atoms with Crippen LogP contribution in [0.15, 0.2) is 162 Å². The van der Waals surface area contributed by atoms with Crippen molar-refractivity contribution in [3.63, 3.8) is 0 Å². The molecule has 0 saturated carbocycles. The van der Waals surface area contributed by atoms with E-state index in [9.17, 15) is 0 Å². The van der Waals surface area contributed by atoms with E-state index in [0.717, 1.165) is 57.5 Å². The van der Waals surface area contributed by atoms with Gasteiger partial charge in [0.1, 0.15) is 17.2 Å². The molecule has 1 aromatic heterocycles. The van der Waals surface area contributed by atoms with Crippen molar-refractivity contribution in [3.05, 3.63) is 168 Å². The maximum Gasteiger partial charge on any atom is 0.144 e. The van der Waals surface area contributed by atoms with Gasteiger partial charge in [-0.2, -0.15) is 0 Å². The zero-order valence-electron chi connectivity index (χ0n) is 27.8. The Labute approximate surface area is 294 Å². The Morgan fingerprint density at radius 2 is 1.31 bits per heavy atom. The van der Waals surface area contributed by atoms with Gasteiger partial charge in [0.2, 0.25) is 0 Å². The van der Waals surface area contributed by atoms with Gasteiger partial charge in [0.15, 0.2) is 0 Å². The van der Waals surface area contributed by atoms with Crippen molar-refractivity contribution in [2.24, 2.45) is 4.99 Å². The fourth-order valence-corrected chi connectivity index (χ4v) is 6.42. The molecule has 7 rings (SSSR count). The number of halogens is 1. The summed E-state index contributed by atoms with van der Waals surface area (Å²) in [6.45, 7) is 3.06. The smallest absolute Gasteiger partial charge is 0.144 e. The number of aryl methyl sites for hydroxylation is 1. The van der Waals surface area contributed by atoms with Gasteiger partial charge in [0.25, 0.3) is 0 Å². The lowest BCUT2D eigenvalue weighted by Gasteiger charge is -2.18. The van der Waals surface area contributed by atoms with E-state index in [1.807, 2.05) is 48.5 Å². The van der Waals surface area contributed by atoms with E-state index >= 15 is 0 Å². The maximum absolute atomic E-state index is 5.58. The van der Waals surface area contributed by atoms with Crippen molar-refractivity contribution < 1.29 is 9.47 Å². The zero-order valence-corrected chi connectivity index (χ0v) is 28.6. The Morgan fingerprint density at radius 1 is 0.673 bits per heavy atom. The molecule has 0 aliphatic heterocycles. The molecule has 0 bridgehead atoms. The van der Waals surface area contributed by atoms with E-state index in [4.69, 9.17) is 14.5 Å². The summed E-state index contributed by atoms with van der Waals surface area (Å²) in [5.41, 5.74) is 11.7. The summed E-state index contributed by atoms with van der Waals surface area (Å²) < 4.78 is 13.6. The Hall–Kier alpha value is -5.78. The minimum absolute atomic E-state index is 0. The molecule has 0 atom stereocenters. The van der Waals surface area contributed by atoms with Gasteiger partial charge >= 0.3 is 0 Å². The number of fused-ring (bicyclic) bond motifs is 1. The molecular formula is C43H38ClN3O2. The van der Waals surface area contributed by atoms with Crippen LogP contribution in [-0.2, 0) is 6.54 Å². The number of aromatic nitrogens is 1. The quantitative estimate of drug-likeness (QED) is 0.167. The molecule has 1 N–H and O–H groups in total. The first-order chi connectivity index (χ1) is 23.7. The van der Waals surface area contributed by atoms with Crippen molar-refractivity contribution in [3.8, 4) is 22.8 Å². The molecule has 244 valence electrons. The topological polar surface area (TPSA) is 47.8 Å². The van der Waals surface area contributed by atoms with E-state index in [1.54, 1.807) is 14.2 Å². The lowest BCUT2D eigenvalue weighted by Crippen LogP contribution is -2.02.